The molecule has 0 saturated carbocycles. The number of aryl methyl sites for hydroxylation is 1. The molecule has 0 aromatic heterocycles. The molecule has 1 aromatic carbocycles. The van der Waals surface area contributed by atoms with Crippen molar-refractivity contribution in [3.8, 4) is 0 Å². The van der Waals surface area contributed by atoms with Gasteiger partial charge in [0.05, 0.1) is 12.6 Å². The van der Waals surface area contributed by atoms with Gasteiger partial charge in [0.15, 0.2) is 0 Å². The Hall–Kier alpha value is -1.02. The molecule has 2 nitrogen and oxygen atoms in total. The van der Waals surface area contributed by atoms with Crippen LogP contribution < -0.4 is 4.90 Å². The maximum Gasteiger partial charge on any atom is 0.0635 e. The lowest BCUT2D eigenvalue weighted by molar-refractivity contribution is 0.240. The monoisotopic (exact) mass is 205 g/mol. The van der Waals surface area contributed by atoms with Gasteiger partial charge in [-0.2, -0.15) is 0 Å². The maximum absolute atomic E-state index is 9.35. The molecule has 1 aliphatic heterocycles. The molecule has 2 heteroatoms. The Kier molecular flexibility index (Phi) is 3.27. The minimum atomic E-state index is 0.272. The summed E-state index contributed by atoms with van der Waals surface area (Å²) in [6.45, 7) is 3.46. The molecule has 1 fully saturated rings. The Labute approximate surface area is 91.5 Å². The summed E-state index contributed by atoms with van der Waals surface area (Å²) in [5.41, 5.74) is 2.54. The zero-order valence-electron chi connectivity index (χ0n) is 9.32. The molecule has 15 heavy (non-hydrogen) atoms. The first-order valence-corrected chi connectivity index (χ1v) is 5.75. The number of aliphatic hydroxyl groups is 1. The van der Waals surface area contributed by atoms with Crippen LogP contribution in [0.3, 0.4) is 0 Å². The predicted molar refractivity (Wildman–Crippen MR) is 63.2 cm³/mol. The third kappa shape index (κ3) is 2.32. The Morgan fingerprint density at radius 1 is 1.40 bits per heavy atom. The van der Waals surface area contributed by atoms with Crippen LogP contribution in [0.25, 0.3) is 0 Å². The zero-order chi connectivity index (χ0) is 10.7. The van der Waals surface area contributed by atoms with Gasteiger partial charge in [-0.05, 0) is 43.9 Å². The summed E-state index contributed by atoms with van der Waals surface area (Å²) in [5.74, 6) is 0. The fourth-order valence-corrected chi connectivity index (χ4v) is 2.34. The lowest BCUT2D eigenvalue weighted by atomic mass is 10.0. The Morgan fingerprint density at radius 3 is 3.00 bits per heavy atom. The third-order valence-corrected chi connectivity index (χ3v) is 3.17. The number of hydrogen-bond donors (Lipinski definition) is 1. The Morgan fingerprint density at radius 2 is 2.27 bits per heavy atom. The van der Waals surface area contributed by atoms with E-state index >= 15 is 0 Å². The van der Waals surface area contributed by atoms with Crippen LogP contribution in [0.5, 0.6) is 0 Å². The van der Waals surface area contributed by atoms with E-state index in [9.17, 15) is 5.11 Å². The first-order valence-electron chi connectivity index (χ1n) is 5.75. The average molecular weight is 205 g/mol. The summed E-state index contributed by atoms with van der Waals surface area (Å²) < 4.78 is 0. The molecule has 0 amide bonds. The van der Waals surface area contributed by atoms with Gasteiger partial charge in [-0.1, -0.05) is 12.1 Å². The van der Waals surface area contributed by atoms with Crippen LogP contribution in [0.4, 0.5) is 5.69 Å². The maximum atomic E-state index is 9.35. The summed E-state index contributed by atoms with van der Waals surface area (Å²) in [7, 11) is 0. The fraction of sp³-hybridized carbons (Fsp3) is 0.538. The van der Waals surface area contributed by atoms with Crippen LogP contribution in [0.2, 0.25) is 0 Å². The van der Waals surface area contributed by atoms with Gasteiger partial charge < -0.3 is 10.0 Å². The van der Waals surface area contributed by atoms with E-state index < -0.39 is 0 Å². The molecule has 0 radical (unpaired) electrons. The second-order valence-electron chi connectivity index (χ2n) is 4.36. The van der Waals surface area contributed by atoms with Crippen molar-refractivity contribution in [2.45, 2.75) is 32.2 Å². The van der Waals surface area contributed by atoms with Crippen molar-refractivity contribution in [2.24, 2.45) is 0 Å². The van der Waals surface area contributed by atoms with Gasteiger partial charge in [0.2, 0.25) is 0 Å². The number of nitrogens with zero attached hydrogens (tertiary/aromatic N) is 1. The summed E-state index contributed by atoms with van der Waals surface area (Å²) in [5, 5.41) is 9.35. The highest BCUT2D eigenvalue weighted by Crippen LogP contribution is 2.25. The molecule has 82 valence electrons. The van der Waals surface area contributed by atoms with Gasteiger partial charge in [-0.25, -0.2) is 0 Å². The van der Waals surface area contributed by atoms with Crippen LogP contribution in [-0.4, -0.2) is 24.3 Å². The molecule has 1 unspecified atom stereocenters. The van der Waals surface area contributed by atoms with Crippen molar-refractivity contribution in [1.29, 1.82) is 0 Å². The fourth-order valence-electron chi connectivity index (χ4n) is 2.34. The van der Waals surface area contributed by atoms with Gasteiger partial charge in [0.1, 0.15) is 0 Å². The van der Waals surface area contributed by atoms with Gasteiger partial charge in [0.25, 0.3) is 0 Å². The molecular weight excluding hydrogens is 186 g/mol. The highest BCUT2D eigenvalue weighted by Gasteiger charge is 2.21. The second-order valence-corrected chi connectivity index (χ2v) is 4.36. The van der Waals surface area contributed by atoms with Crippen LogP contribution >= 0.6 is 0 Å². The van der Waals surface area contributed by atoms with Crippen molar-refractivity contribution in [1.82, 2.24) is 0 Å². The topological polar surface area (TPSA) is 23.5 Å². The van der Waals surface area contributed by atoms with E-state index in [2.05, 4.69) is 36.1 Å². The molecule has 1 N–H and O–H groups in total. The van der Waals surface area contributed by atoms with Crippen molar-refractivity contribution in [3.05, 3.63) is 29.8 Å². The number of benzene rings is 1. The summed E-state index contributed by atoms with van der Waals surface area (Å²) in [4.78, 5) is 2.34. The van der Waals surface area contributed by atoms with E-state index in [0.717, 1.165) is 13.0 Å². The summed E-state index contributed by atoms with van der Waals surface area (Å²) in [6.07, 6.45) is 3.60. The highest BCUT2D eigenvalue weighted by atomic mass is 16.3. The summed E-state index contributed by atoms with van der Waals surface area (Å²) in [6, 6.07) is 8.87. The van der Waals surface area contributed by atoms with Crippen LogP contribution in [0, 0.1) is 6.92 Å². The molecule has 0 bridgehead atoms. The van der Waals surface area contributed by atoms with Crippen LogP contribution in [-0.2, 0) is 0 Å². The molecular formula is C13H19NO. The van der Waals surface area contributed by atoms with Crippen molar-refractivity contribution >= 4 is 5.69 Å². The molecule has 1 aromatic rings. The number of piperidine rings is 1. The number of rotatable bonds is 2. The largest absolute Gasteiger partial charge is 0.394 e. The molecule has 2 rings (SSSR count). The third-order valence-electron chi connectivity index (χ3n) is 3.17. The molecule has 1 saturated heterocycles. The molecule has 1 aliphatic rings. The second kappa shape index (κ2) is 4.67. The Balaban J connectivity index is 2.20. The molecule has 1 atom stereocenters. The Bertz CT molecular complexity index is 324. The number of hydrogen-bond acceptors (Lipinski definition) is 2. The van der Waals surface area contributed by atoms with E-state index in [1.54, 1.807) is 0 Å². The van der Waals surface area contributed by atoms with Gasteiger partial charge in [0, 0.05) is 12.2 Å². The van der Waals surface area contributed by atoms with Gasteiger partial charge in [-0.3, -0.25) is 0 Å². The quantitative estimate of drug-likeness (QED) is 0.801. The zero-order valence-corrected chi connectivity index (χ0v) is 9.32. The van der Waals surface area contributed by atoms with E-state index in [1.807, 2.05) is 0 Å². The normalized spacial score (nSPS) is 21.7. The van der Waals surface area contributed by atoms with E-state index in [-0.39, 0.29) is 6.61 Å². The standard InChI is InChI=1S/C13H19NO/c1-11-5-4-7-12(9-11)14-8-3-2-6-13(14)10-15/h4-5,7,9,13,15H,2-3,6,8,10H2,1H3. The highest BCUT2D eigenvalue weighted by molar-refractivity contribution is 5.49. The minimum absolute atomic E-state index is 0.272. The predicted octanol–water partition coefficient (Wildman–Crippen LogP) is 2.35. The molecule has 0 aliphatic carbocycles. The first-order chi connectivity index (χ1) is 7.31. The first kappa shape index (κ1) is 10.5. The van der Waals surface area contributed by atoms with Crippen molar-refractivity contribution in [3.63, 3.8) is 0 Å². The van der Waals surface area contributed by atoms with Gasteiger partial charge in [-0.15, -0.1) is 0 Å². The molecule has 0 spiro atoms. The number of anilines is 1. The van der Waals surface area contributed by atoms with Crippen molar-refractivity contribution < 1.29 is 5.11 Å². The van der Waals surface area contributed by atoms with Crippen molar-refractivity contribution in [2.75, 3.05) is 18.1 Å². The lowest BCUT2D eigenvalue weighted by Gasteiger charge is -2.36. The minimum Gasteiger partial charge on any atom is -0.394 e. The van der Waals surface area contributed by atoms with Gasteiger partial charge >= 0.3 is 0 Å². The SMILES string of the molecule is Cc1cccc(N2CCCCC2CO)c1. The summed E-state index contributed by atoms with van der Waals surface area (Å²) >= 11 is 0. The van der Waals surface area contributed by atoms with E-state index in [0.29, 0.717) is 6.04 Å². The number of aliphatic hydroxyl groups excluding tert-OH is 1. The average Bonchev–Trinajstić information content (AvgIpc) is 2.29. The van der Waals surface area contributed by atoms with Crippen LogP contribution in [0.1, 0.15) is 24.8 Å². The van der Waals surface area contributed by atoms with E-state index in [1.165, 1.54) is 24.1 Å². The van der Waals surface area contributed by atoms with E-state index in [4.69, 9.17) is 0 Å². The van der Waals surface area contributed by atoms with Crippen LogP contribution in [0.15, 0.2) is 24.3 Å². The smallest absolute Gasteiger partial charge is 0.0635 e. The lowest BCUT2D eigenvalue weighted by Crippen LogP contribution is -2.41. The molecule has 1 heterocycles.